The molecule has 0 aliphatic rings. The Balaban J connectivity index is 1.82. The SMILES string of the molecule is COc1cccc2nc(-c3c(C)nc4c(-c5ccccc5)c(C)[nH]n4c3=O)n(C)c12. The Morgan fingerprint density at radius 3 is 2.47 bits per heavy atom. The summed E-state index contributed by atoms with van der Waals surface area (Å²) in [6.45, 7) is 3.80. The first-order valence-corrected chi connectivity index (χ1v) is 9.68. The smallest absolute Gasteiger partial charge is 0.284 e. The molecule has 0 radical (unpaired) electrons. The number of ether oxygens (including phenoxy) is 1. The summed E-state index contributed by atoms with van der Waals surface area (Å²) in [5.74, 6) is 1.27. The van der Waals surface area contributed by atoms with Crippen LogP contribution in [-0.4, -0.2) is 31.3 Å². The maximum atomic E-state index is 13.5. The highest BCUT2D eigenvalue weighted by molar-refractivity contribution is 5.87. The molecule has 5 rings (SSSR count). The molecular formula is C23H21N5O2. The molecule has 0 aliphatic carbocycles. The summed E-state index contributed by atoms with van der Waals surface area (Å²) in [6.07, 6.45) is 0. The third-order valence-electron chi connectivity index (χ3n) is 5.51. The second-order valence-corrected chi connectivity index (χ2v) is 7.34. The lowest BCUT2D eigenvalue weighted by Gasteiger charge is -2.08. The van der Waals surface area contributed by atoms with Gasteiger partial charge in [-0.15, -0.1) is 0 Å². The molecular weight excluding hydrogens is 378 g/mol. The number of nitrogens with zero attached hydrogens (tertiary/aromatic N) is 4. The standard InChI is InChI=1S/C23H21N5O2/c1-13-19(21-25-16-11-8-12-17(30-4)20(16)27(21)3)23(29)28-22(24-13)18(14(2)26-28)15-9-6-5-7-10-15/h5-12,26H,1-4H3. The Morgan fingerprint density at radius 2 is 1.73 bits per heavy atom. The van der Waals surface area contributed by atoms with E-state index < -0.39 is 0 Å². The van der Waals surface area contributed by atoms with E-state index >= 15 is 0 Å². The maximum absolute atomic E-state index is 13.5. The highest BCUT2D eigenvalue weighted by Crippen LogP contribution is 2.31. The van der Waals surface area contributed by atoms with Gasteiger partial charge in [0.2, 0.25) is 0 Å². The topological polar surface area (TPSA) is 77.2 Å². The van der Waals surface area contributed by atoms with Crippen LogP contribution in [0.5, 0.6) is 5.75 Å². The van der Waals surface area contributed by atoms with Crippen molar-refractivity contribution in [2.45, 2.75) is 13.8 Å². The summed E-state index contributed by atoms with van der Waals surface area (Å²) in [6, 6.07) is 15.6. The number of hydrogen-bond acceptors (Lipinski definition) is 4. The van der Waals surface area contributed by atoms with Crippen LogP contribution in [0.4, 0.5) is 0 Å². The zero-order valence-corrected chi connectivity index (χ0v) is 17.2. The molecule has 0 saturated carbocycles. The van der Waals surface area contributed by atoms with E-state index in [1.807, 2.05) is 74.0 Å². The molecule has 3 aromatic heterocycles. The zero-order valence-electron chi connectivity index (χ0n) is 17.2. The first kappa shape index (κ1) is 18.2. The molecule has 0 aliphatic heterocycles. The number of rotatable bonds is 3. The van der Waals surface area contributed by atoms with Gasteiger partial charge in [-0.25, -0.2) is 14.5 Å². The normalized spacial score (nSPS) is 11.5. The minimum Gasteiger partial charge on any atom is -0.494 e. The van der Waals surface area contributed by atoms with Gasteiger partial charge in [-0.2, -0.15) is 0 Å². The molecule has 1 N–H and O–H groups in total. The number of fused-ring (bicyclic) bond motifs is 2. The molecule has 0 spiro atoms. The fraction of sp³-hybridized carbons (Fsp3) is 0.174. The van der Waals surface area contributed by atoms with Crippen molar-refractivity contribution in [1.82, 2.24) is 24.1 Å². The fourth-order valence-corrected chi connectivity index (χ4v) is 4.12. The van der Waals surface area contributed by atoms with Crippen molar-refractivity contribution in [3.8, 4) is 28.3 Å². The molecule has 30 heavy (non-hydrogen) atoms. The van der Waals surface area contributed by atoms with Crippen LogP contribution in [0.1, 0.15) is 11.4 Å². The van der Waals surface area contributed by atoms with Crippen molar-refractivity contribution < 1.29 is 4.74 Å². The Hall–Kier alpha value is -3.87. The van der Waals surface area contributed by atoms with Gasteiger partial charge in [0.25, 0.3) is 5.56 Å². The fourth-order valence-electron chi connectivity index (χ4n) is 4.12. The molecule has 0 atom stereocenters. The third-order valence-corrected chi connectivity index (χ3v) is 5.51. The number of aryl methyl sites for hydroxylation is 3. The lowest BCUT2D eigenvalue weighted by molar-refractivity contribution is 0.418. The second-order valence-electron chi connectivity index (χ2n) is 7.34. The molecule has 150 valence electrons. The third kappa shape index (κ3) is 2.48. The van der Waals surface area contributed by atoms with Crippen molar-refractivity contribution >= 4 is 16.7 Å². The highest BCUT2D eigenvalue weighted by Gasteiger charge is 2.22. The summed E-state index contributed by atoms with van der Waals surface area (Å²) in [5.41, 5.74) is 5.96. The molecule has 0 saturated heterocycles. The average molecular weight is 399 g/mol. The molecule has 0 amide bonds. The Kier molecular flexibility index (Phi) is 3.99. The predicted octanol–water partition coefficient (Wildman–Crippen LogP) is 3.87. The van der Waals surface area contributed by atoms with E-state index in [2.05, 4.69) is 5.10 Å². The quantitative estimate of drug-likeness (QED) is 0.500. The lowest BCUT2D eigenvalue weighted by Crippen LogP contribution is -2.20. The number of H-pyrrole nitrogens is 1. The van der Waals surface area contributed by atoms with Crippen LogP contribution in [0, 0.1) is 13.8 Å². The number of benzene rings is 2. The summed E-state index contributed by atoms with van der Waals surface area (Å²) >= 11 is 0. The first-order valence-electron chi connectivity index (χ1n) is 9.68. The van der Waals surface area contributed by atoms with Gasteiger partial charge >= 0.3 is 0 Å². The van der Waals surface area contributed by atoms with E-state index in [1.54, 1.807) is 7.11 Å². The van der Waals surface area contributed by atoms with Crippen LogP contribution >= 0.6 is 0 Å². The second kappa shape index (κ2) is 6.59. The van der Waals surface area contributed by atoms with Gasteiger partial charge in [-0.05, 0) is 31.5 Å². The van der Waals surface area contributed by atoms with Crippen LogP contribution in [0.25, 0.3) is 39.2 Å². The van der Waals surface area contributed by atoms with E-state index in [1.165, 1.54) is 4.52 Å². The Morgan fingerprint density at radius 1 is 0.967 bits per heavy atom. The van der Waals surface area contributed by atoms with E-state index in [-0.39, 0.29) is 5.56 Å². The summed E-state index contributed by atoms with van der Waals surface area (Å²) in [7, 11) is 3.51. The number of nitrogens with one attached hydrogen (secondary N) is 1. The summed E-state index contributed by atoms with van der Waals surface area (Å²) in [4.78, 5) is 23.1. The predicted molar refractivity (Wildman–Crippen MR) is 117 cm³/mol. The monoisotopic (exact) mass is 399 g/mol. The molecule has 5 aromatic rings. The maximum Gasteiger partial charge on any atom is 0.284 e. The average Bonchev–Trinajstić information content (AvgIpc) is 3.25. The molecule has 0 unspecified atom stereocenters. The van der Waals surface area contributed by atoms with Gasteiger partial charge < -0.3 is 9.30 Å². The lowest BCUT2D eigenvalue weighted by atomic mass is 10.1. The highest BCUT2D eigenvalue weighted by atomic mass is 16.5. The molecule has 3 heterocycles. The number of hydrogen-bond donors (Lipinski definition) is 1. The van der Waals surface area contributed by atoms with E-state index in [0.29, 0.717) is 28.5 Å². The number of methoxy groups -OCH3 is 1. The largest absolute Gasteiger partial charge is 0.494 e. The van der Waals surface area contributed by atoms with E-state index in [0.717, 1.165) is 27.9 Å². The molecule has 0 bridgehead atoms. The molecule has 2 aromatic carbocycles. The van der Waals surface area contributed by atoms with Gasteiger partial charge in [-0.1, -0.05) is 36.4 Å². The van der Waals surface area contributed by atoms with Crippen LogP contribution in [-0.2, 0) is 7.05 Å². The number of para-hydroxylation sites is 1. The minimum absolute atomic E-state index is 0.180. The van der Waals surface area contributed by atoms with Gasteiger partial charge in [-0.3, -0.25) is 9.89 Å². The minimum atomic E-state index is -0.180. The van der Waals surface area contributed by atoms with E-state index in [4.69, 9.17) is 14.7 Å². The summed E-state index contributed by atoms with van der Waals surface area (Å²) < 4.78 is 8.89. The van der Waals surface area contributed by atoms with Gasteiger partial charge in [0.1, 0.15) is 22.7 Å². The van der Waals surface area contributed by atoms with Crippen LogP contribution < -0.4 is 10.3 Å². The molecule has 7 nitrogen and oxygen atoms in total. The number of aromatic amines is 1. The number of imidazole rings is 1. The Labute approximate surface area is 172 Å². The van der Waals surface area contributed by atoms with Gasteiger partial charge in [0.05, 0.1) is 18.3 Å². The van der Waals surface area contributed by atoms with Crippen molar-refractivity contribution in [2.24, 2.45) is 7.05 Å². The summed E-state index contributed by atoms with van der Waals surface area (Å²) in [5, 5.41) is 3.19. The van der Waals surface area contributed by atoms with Crippen molar-refractivity contribution in [1.29, 1.82) is 0 Å². The Bertz CT molecular complexity index is 1480. The van der Waals surface area contributed by atoms with Crippen molar-refractivity contribution in [2.75, 3.05) is 7.11 Å². The van der Waals surface area contributed by atoms with Crippen molar-refractivity contribution in [3.63, 3.8) is 0 Å². The molecule has 0 fully saturated rings. The number of aromatic nitrogens is 5. The van der Waals surface area contributed by atoms with Crippen LogP contribution in [0.3, 0.4) is 0 Å². The van der Waals surface area contributed by atoms with Crippen molar-refractivity contribution in [3.05, 3.63) is 70.3 Å². The molecule has 7 heteroatoms. The van der Waals surface area contributed by atoms with Gasteiger partial charge in [0, 0.05) is 18.3 Å². The first-order chi connectivity index (χ1) is 14.5. The van der Waals surface area contributed by atoms with Gasteiger partial charge in [0.15, 0.2) is 5.65 Å². The van der Waals surface area contributed by atoms with Crippen LogP contribution in [0.2, 0.25) is 0 Å². The van der Waals surface area contributed by atoms with Crippen LogP contribution in [0.15, 0.2) is 53.3 Å². The van der Waals surface area contributed by atoms with E-state index in [9.17, 15) is 4.79 Å². The zero-order chi connectivity index (χ0) is 21.0.